The minimum atomic E-state index is -0.460. The van der Waals surface area contributed by atoms with Crippen molar-refractivity contribution in [3.8, 4) is 22.9 Å². The number of hydrogen-bond acceptors (Lipinski definition) is 5. The third-order valence-corrected chi connectivity index (χ3v) is 4.00. The van der Waals surface area contributed by atoms with Crippen LogP contribution in [-0.4, -0.2) is 28.9 Å². The smallest absolute Gasteiger partial charge is 0.181 e. The minimum absolute atomic E-state index is 0.460. The van der Waals surface area contributed by atoms with Gasteiger partial charge in [0.25, 0.3) is 0 Å². The standard InChI is InChI=1S/C18H19ClN4O2/c1-3-25-15-10-12(6-9-14(15)24-2)16(20)18-21-17(22-23-18)11-4-7-13(19)8-5-11/h4-10,16H,3,20H2,1-2H3,(H,21,22,23)/t16-/m0/s1. The Kier molecular flexibility index (Phi) is 5.21. The van der Waals surface area contributed by atoms with Crippen molar-refractivity contribution in [2.24, 2.45) is 5.73 Å². The summed E-state index contributed by atoms with van der Waals surface area (Å²) in [5.41, 5.74) is 8.05. The van der Waals surface area contributed by atoms with E-state index in [1.165, 1.54) is 0 Å². The van der Waals surface area contributed by atoms with Gasteiger partial charge in [-0.25, -0.2) is 4.98 Å². The van der Waals surface area contributed by atoms with Crippen molar-refractivity contribution in [2.45, 2.75) is 13.0 Å². The van der Waals surface area contributed by atoms with Crippen LogP contribution in [0.4, 0.5) is 0 Å². The summed E-state index contributed by atoms with van der Waals surface area (Å²) in [5.74, 6) is 2.45. The number of rotatable bonds is 6. The van der Waals surface area contributed by atoms with E-state index in [9.17, 15) is 0 Å². The molecule has 0 amide bonds. The molecule has 0 aliphatic rings. The molecule has 1 aromatic heterocycles. The number of nitrogens with two attached hydrogens (primary N) is 1. The van der Waals surface area contributed by atoms with E-state index < -0.39 is 6.04 Å². The van der Waals surface area contributed by atoms with Crippen molar-refractivity contribution in [1.29, 1.82) is 0 Å². The molecule has 6 nitrogen and oxygen atoms in total. The van der Waals surface area contributed by atoms with Gasteiger partial charge in [-0.2, -0.15) is 5.10 Å². The molecule has 130 valence electrons. The number of aromatic nitrogens is 3. The summed E-state index contributed by atoms with van der Waals surface area (Å²) in [6, 6.07) is 12.4. The molecule has 3 N–H and O–H groups in total. The second-order valence-electron chi connectivity index (χ2n) is 5.37. The highest BCUT2D eigenvalue weighted by Crippen LogP contribution is 2.31. The van der Waals surface area contributed by atoms with Crippen LogP contribution in [0.5, 0.6) is 11.5 Å². The summed E-state index contributed by atoms with van der Waals surface area (Å²) in [4.78, 5) is 4.50. The number of hydrogen-bond donors (Lipinski definition) is 2. The van der Waals surface area contributed by atoms with Gasteiger partial charge in [0.1, 0.15) is 5.82 Å². The van der Waals surface area contributed by atoms with E-state index in [0.29, 0.717) is 34.8 Å². The van der Waals surface area contributed by atoms with E-state index in [4.69, 9.17) is 26.8 Å². The molecule has 0 aliphatic carbocycles. The van der Waals surface area contributed by atoms with Crippen LogP contribution >= 0.6 is 11.6 Å². The second-order valence-corrected chi connectivity index (χ2v) is 5.81. The Morgan fingerprint density at radius 3 is 2.60 bits per heavy atom. The summed E-state index contributed by atoms with van der Waals surface area (Å²) in [7, 11) is 1.60. The lowest BCUT2D eigenvalue weighted by atomic mass is 10.1. The number of aromatic amines is 1. The first kappa shape index (κ1) is 17.3. The molecule has 3 aromatic rings. The minimum Gasteiger partial charge on any atom is -0.493 e. The van der Waals surface area contributed by atoms with Crippen LogP contribution in [0.2, 0.25) is 5.02 Å². The van der Waals surface area contributed by atoms with Gasteiger partial charge in [-0.05, 0) is 48.9 Å². The largest absolute Gasteiger partial charge is 0.493 e. The van der Waals surface area contributed by atoms with Gasteiger partial charge in [0, 0.05) is 10.6 Å². The Balaban J connectivity index is 1.87. The monoisotopic (exact) mass is 358 g/mol. The summed E-state index contributed by atoms with van der Waals surface area (Å²) in [6.07, 6.45) is 0. The quantitative estimate of drug-likeness (QED) is 0.703. The summed E-state index contributed by atoms with van der Waals surface area (Å²) in [6.45, 7) is 2.46. The maximum absolute atomic E-state index is 6.34. The van der Waals surface area contributed by atoms with Gasteiger partial charge in [-0.3, -0.25) is 5.10 Å². The average Bonchev–Trinajstić information content (AvgIpc) is 3.12. The predicted octanol–water partition coefficient (Wildman–Crippen LogP) is 3.58. The average molecular weight is 359 g/mol. The number of nitrogens with zero attached hydrogens (tertiary/aromatic N) is 2. The molecule has 0 spiro atoms. The van der Waals surface area contributed by atoms with Crippen LogP contribution in [0.1, 0.15) is 24.4 Å². The fourth-order valence-electron chi connectivity index (χ4n) is 2.45. The fourth-order valence-corrected chi connectivity index (χ4v) is 2.58. The third kappa shape index (κ3) is 3.75. The molecule has 7 heteroatoms. The number of ether oxygens (including phenoxy) is 2. The van der Waals surface area contributed by atoms with Crippen LogP contribution in [0.3, 0.4) is 0 Å². The van der Waals surface area contributed by atoms with Gasteiger partial charge in [0.2, 0.25) is 0 Å². The molecule has 25 heavy (non-hydrogen) atoms. The molecule has 3 rings (SSSR count). The summed E-state index contributed by atoms with van der Waals surface area (Å²) >= 11 is 5.91. The van der Waals surface area contributed by atoms with Crippen LogP contribution in [0.15, 0.2) is 42.5 Å². The van der Waals surface area contributed by atoms with Crippen molar-refractivity contribution in [3.63, 3.8) is 0 Å². The lowest BCUT2D eigenvalue weighted by Gasteiger charge is -2.14. The number of H-pyrrole nitrogens is 1. The first-order chi connectivity index (χ1) is 12.1. The van der Waals surface area contributed by atoms with E-state index in [0.717, 1.165) is 11.1 Å². The van der Waals surface area contributed by atoms with E-state index in [2.05, 4.69) is 15.2 Å². The summed E-state index contributed by atoms with van der Waals surface area (Å²) in [5, 5.41) is 7.81. The Morgan fingerprint density at radius 2 is 1.92 bits per heavy atom. The van der Waals surface area contributed by atoms with Crippen LogP contribution in [0, 0.1) is 0 Å². The molecule has 0 bridgehead atoms. The molecule has 0 unspecified atom stereocenters. The topological polar surface area (TPSA) is 86.0 Å². The molecule has 0 saturated heterocycles. The Bertz CT molecular complexity index is 849. The fraction of sp³-hybridized carbons (Fsp3) is 0.222. The number of nitrogens with one attached hydrogen (secondary N) is 1. The molecule has 0 aliphatic heterocycles. The third-order valence-electron chi connectivity index (χ3n) is 3.75. The van der Waals surface area contributed by atoms with Crippen molar-refractivity contribution in [3.05, 3.63) is 58.9 Å². The van der Waals surface area contributed by atoms with E-state index >= 15 is 0 Å². The highest BCUT2D eigenvalue weighted by molar-refractivity contribution is 6.30. The number of halogens is 1. The van der Waals surface area contributed by atoms with Crippen molar-refractivity contribution in [1.82, 2.24) is 15.2 Å². The zero-order valence-electron chi connectivity index (χ0n) is 14.0. The lowest BCUT2D eigenvalue weighted by Crippen LogP contribution is -2.14. The zero-order valence-corrected chi connectivity index (χ0v) is 14.7. The maximum atomic E-state index is 6.34. The van der Waals surface area contributed by atoms with Gasteiger partial charge in [-0.15, -0.1) is 0 Å². The van der Waals surface area contributed by atoms with Gasteiger partial charge in [0.05, 0.1) is 19.8 Å². The van der Waals surface area contributed by atoms with Gasteiger partial charge >= 0.3 is 0 Å². The van der Waals surface area contributed by atoms with Crippen molar-refractivity contribution in [2.75, 3.05) is 13.7 Å². The highest BCUT2D eigenvalue weighted by atomic mass is 35.5. The maximum Gasteiger partial charge on any atom is 0.181 e. The molecule has 1 atom stereocenters. The zero-order chi connectivity index (χ0) is 17.8. The van der Waals surface area contributed by atoms with Gasteiger partial charge in [-0.1, -0.05) is 17.7 Å². The Labute approximate surface area is 150 Å². The molecule has 0 fully saturated rings. The molecule has 2 aromatic carbocycles. The van der Waals surface area contributed by atoms with Crippen molar-refractivity contribution >= 4 is 11.6 Å². The van der Waals surface area contributed by atoms with Crippen LogP contribution in [-0.2, 0) is 0 Å². The van der Waals surface area contributed by atoms with E-state index in [1.807, 2.05) is 37.3 Å². The number of benzene rings is 2. The van der Waals surface area contributed by atoms with Crippen molar-refractivity contribution < 1.29 is 9.47 Å². The van der Waals surface area contributed by atoms with Gasteiger partial charge < -0.3 is 15.2 Å². The SMILES string of the molecule is CCOc1cc([C@H](N)c2nc(-c3ccc(Cl)cc3)n[nH]2)ccc1OC. The van der Waals surface area contributed by atoms with Crippen LogP contribution < -0.4 is 15.2 Å². The Hall–Kier alpha value is -2.57. The molecule has 0 radical (unpaired) electrons. The Morgan fingerprint density at radius 1 is 1.16 bits per heavy atom. The number of methoxy groups -OCH3 is 1. The van der Waals surface area contributed by atoms with E-state index in [-0.39, 0.29) is 0 Å². The highest BCUT2D eigenvalue weighted by Gasteiger charge is 2.17. The lowest BCUT2D eigenvalue weighted by molar-refractivity contribution is 0.310. The van der Waals surface area contributed by atoms with Gasteiger partial charge in [0.15, 0.2) is 17.3 Å². The molecular formula is C18H19ClN4O2. The molecule has 1 heterocycles. The first-order valence-corrected chi connectivity index (χ1v) is 8.24. The van der Waals surface area contributed by atoms with E-state index in [1.54, 1.807) is 19.2 Å². The first-order valence-electron chi connectivity index (χ1n) is 7.87. The normalized spacial score (nSPS) is 12.0. The van der Waals surface area contributed by atoms with Crippen LogP contribution in [0.25, 0.3) is 11.4 Å². The second kappa shape index (κ2) is 7.55. The predicted molar refractivity (Wildman–Crippen MR) is 97.0 cm³/mol. The molecule has 0 saturated carbocycles. The summed E-state index contributed by atoms with van der Waals surface area (Å²) < 4.78 is 10.9. The molecular weight excluding hydrogens is 340 g/mol.